The summed E-state index contributed by atoms with van der Waals surface area (Å²) in [6.07, 6.45) is 0.778. The van der Waals surface area contributed by atoms with Crippen LogP contribution in [0.3, 0.4) is 0 Å². The van der Waals surface area contributed by atoms with Crippen molar-refractivity contribution in [1.82, 2.24) is 0 Å². The molecule has 0 saturated carbocycles. The minimum atomic E-state index is -0.592. The predicted molar refractivity (Wildman–Crippen MR) is 240 cm³/mol. The van der Waals surface area contributed by atoms with Crippen LogP contribution in [-0.2, 0) is 11.8 Å². The third-order valence-electron chi connectivity index (χ3n) is 12.5. The Hall–Kier alpha value is -7.62. The van der Waals surface area contributed by atoms with Crippen LogP contribution in [-0.4, -0.2) is 0 Å². The molecular formula is C56H37NO2. The highest BCUT2D eigenvalue weighted by atomic mass is 16.5. The van der Waals surface area contributed by atoms with Crippen molar-refractivity contribution in [3.05, 3.63) is 246 Å². The van der Waals surface area contributed by atoms with Crippen LogP contribution in [0.15, 0.2) is 217 Å². The minimum absolute atomic E-state index is 0.592. The van der Waals surface area contributed by atoms with E-state index in [2.05, 4.69) is 205 Å². The summed E-state index contributed by atoms with van der Waals surface area (Å²) in [4.78, 5) is 2.43. The molecule has 2 heterocycles. The van der Waals surface area contributed by atoms with Crippen LogP contribution >= 0.6 is 0 Å². The molecule has 59 heavy (non-hydrogen) atoms. The molecule has 0 radical (unpaired) electrons. The number of anilines is 3. The number of furan rings is 1. The predicted octanol–water partition coefficient (Wildman–Crippen LogP) is 14.8. The van der Waals surface area contributed by atoms with Crippen LogP contribution in [0.2, 0.25) is 0 Å². The maximum Gasteiger partial charge on any atom is 0.137 e. The van der Waals surface area contributed by atoms with Gasteiger partial charge in [-0.25, -0.2) is 0 Å². The first kappa shape index (κ1) is 33.5. The highest BCUT2D eigenvalue weighted by Gasteiger charge is 2.49. The number of para-hydroxylation sites is 3. The lowest BCUT2D eigenvalue weighted by Gasteiger charge is -2.46. The number of benzene rings is 9. The first-order valence-corrected chi connectivity index (χ1v) is 20.3. The molecule has 0 atom stereocenters. The largest absolute Gasteiger partial charge is 0.457 e. The first-order chi connectivity index (χ1) is 29.3. The average molecular weight is 756 g/mol. The standard InChI is InChI=1S/C56H37NO2/c1-2-15-37(16-3-1)42-18-5-6-19-43(42)38-29-31-40(32-30-38)57(41-33-34-45-44-20-7-11-26-52(44)58-55(45)36-41)51-25-14-24-48-46(51)35-39-17-4-8-21-47(39)56(48)49-22-9-12-27-53(49)59-54-28-13-10-23-50(54)56/h1-34,36H,35H2. The zero-order valence-corrected chi connectivity index (χ0v) is 32.2. The Morgan fingerprint density at radius 1 is 0.407 bits per heavy atom. The van der Waals surface area contributed by atoms with Gasteiger partial charge >= 0.3 is 0 Å². The van der Waals surface area contributed by atoms with Gasteiger partial charge in [0, 0.05) is 51.4 Å². The molecule has 1 aliphatic carbocycles. The van der Waals surface area contributed by atoms with Gasteiger partial charge < -0.3 is 14.1 Å². The second-order valence-electron chi connectivity index (χ2n) is 15.6. The van der Waals surface area contributed by atoms with Gasteiger partial charge in [-0.05, 0) is 93.0 Å². The molecule has 0 N–H and O–H groups in total. The maximum atomic E-state index is 6.68. The molecule has 3 nitrogen and oxygen atoms in total. The summed E-state index contributed by atoms with van der Waals surface area (Å²) < 4.78 is 13.2. The van der Waals surface area contributed by atoms with E-state index >= 15 is 0 Å². The van der Waals surface area contributed by atoms with Crippen molar-refractivity contribution in [3.8, 4) is 33.8 Å². The van der Waals surface area contributed by atoms with Crippen LogP contribution in [0.5, 0.6) is 11.5 Å². The van der Waals surface area contributed by atoms with Crippen molar-refractivity contribution >= 4 is 39.0 Å². The number of rotatable bonds is 5. The van der Waals surface area contributed by atoms with Crippen molar-refractivity contribution < 1.29 is 9.15 Å². The summed E-state index contributed by atoms with van der Waals surface area (Å²) in [6.45, 7) is 0. The Balaban J connectivity index is 1.10. The fourth-order valence-electron chi connectivity index (χ4n) is 9.95. The van der Waals surface area contributed by atoms with E-state index < -0.39 is 5.41 Å². The molecule has 12 rings (SSSR count). The van der Waals surface area contributed by atoms with E-state index in [1.807, 2.05) is 12.1 Å². The maximum absolute atomic E-state index is 6.68. The zero-order valence-electron chi connectivity index (χ0n) is 32.2. The molecule has 0 unspecified atom stereocenters. The molecule has 3 heteroatoms. The SMILES string of the molecule is c1ccc(-c2ccccc2-c2ccc(N(c3ccc4c(c3)oc3ccccc34)c3cccc4c3Cc3ccccc3C43c4ccccc4Oc4ccccc43)cc2)cc1. The quantitative estimate of drug-likeness (QED) is 0.175. The van der Waals surface area contributed by atoms with Crippen LogP contribution in [0, 0.1) is 0 Å². The summed E-state index contributed by atoms with van der Waals surface area (Å²) >= 11 is 0. The first-order valence-electron chi connectivity index (χ1n) is 20.3. The highest BCUT2D eigenvalue weighted by Crippen LogP contribution is 2.60. The molecule has 0 amide bonds. The molecule has 10 aromatic rings. The molecule has 1 aromatic heterocycles. The molecule has 9 aromatic carbocycles. The lowest BCUT2D eigenvalue weighted by atomic mass is 9.58. The van der Waals surface area contributed by atoms with E-state index in [0.29, 0.717) is 0 Å². The molecule has 1 aliphatic heterocycles. The molecule has 278 valence electrons. The van der Waals surface area contributed by atoms with Crippen LogP contribution in [0.25, 0.3) is 44.2 Å². The summed E-state index contributed by atoms with van der Waals surface area (Å²) in [6, 6.07) is 76.4. The fourth-order valence-corrected chi connectivity index (χ4v) is 9.95. The molecule has 2 aliphatic rings. The number of ether oxygens (including phenoxy) is 1. The second kappa shape index (κ2) is 13.2. The highest BCUT2D eigenvalue weighted by molar-refractivity contribution is 6.06. The number of hydrogen-bond acceptors (Lipinski definition) is 3. The second-order valence-corrected chi connectivity index (χ2v) is 15.6. The van der Waals surface area contributed by atoms with Crippen molar-refractivity contribution in [2.45, 2.75) is 11.8 Å². The van der Waals surface area contributed by atoms with Crippen molar-refractivity contribution in [3.63, 3.8) is 0 Å². The van der Waals surface area contributed by atoms with Crippen molar-refractivity contribution in [2.75, 3.05) is 4.90 Å². The van der Waals surface area contributed by atoms with Crippen LogP contribution in [0.1, 0.15) is 33.4 Å². The molecule has 0 fully saturated rings. The summed E-state index contributed by atoms with van der Waals surface area (Å²) in [5, 5.41) is 2.23. The smallest absolute Gasteiger partial charge is 0.137 e. The third kappa shape index (κ3) is 5.08. The monoisotopic (exact) mass is 755 g/mol. The third-order valence-corrected chi connectivity index (χ3v) is 12.5. The van der Waals surface area contributed by atoms with Gasteiger partial charge in [-0.15, -0.1) is 0 Å². The lowest BCUT2D eigenvalue weighted by Crippen LogP contribution is -2.38. The van der Waals surface area contributed by atoms with E-state index in [-0.39, 0.29) is 0 Å². The fraction of sp³-hybridized carbons (Fsp3) is 0.0357. The molecule has 1 spiro atoms. The number of nitrogens with zero attached hydrogens (tertiary/aromatic N) is 1. The normalized spacial score (nSPS) is 13.3. The topological polar surface area (TPSA) is 25.6 Å². The zero-order chi connectivity index (χ0) is 38.9. The van der Waals surface area contributed by atoms with Gasteiger partial charge in [0.15, 0.2) is 0 Å². The molecular weight excluding hydrogens is 719 g/mol. The van der Waals surface area contributed by atoms with Gasteiger partial charge in [-0.2, -0.15) is 0 Å². The van der Waals surface area contributed by atoms with Gasteiger partial charge in [0.1, 0.15) is 22.7 Å². The van der Waals surface area contributed by atoms with Gasteiger partial charge in [-0.3, -0.25) is 0 Å². The van der Waals surface area contributed by atoms with Gasteiger partial charge in [0.25, 0.3) is 0 Å². The van der Waals surface area contributed by atoms with E-state index in [1.54, 1.807) is 0 Å². The van der Waals surface area contributed by atoms with Crippen LogP contribution in [0.4, 0.5) is 17.1 Å². The summed E-state index contributed by atoms with van der Waals surface area (Å²) in [5.41, 5.74) is 16.6. The Morgan fingerprint density at radius 3 is 1.75 bits per heavy atom. The van der Waals surface area contributed by atoms with Crippen molar-refractivity contribution in [2.24, 2.45) is 0 Å². The number of hydrogen-bond donors (Lipinski definition) is 0. The minimum Gasteiger partial charge on any atom is -0.457 e. The Labute approximate surface area is 343 Å². The average Bonchev–Trinajstić information content (AvgIpc) is 3.68. The van der Waals surface area contributed by atoms with Crippen LogP contribution < -0.4 is 9.64 Å². The Morgan fingerprint density at radius 2 is 0.983 bits per heavy atom. The molecule has 0 saturated heterocycles. The lowest BCUT2D eigenvalue weighted by molar-refractivity contribution is 0.432. The van der Waals surface area contributed by atoms with Gasteiger partial charge in [-0.1, -0.05) is 158 Å². The van der Waals surface area contributed by atoms with E-state index in [0.717, 1.165) is 68.0 Å². The van der Waals surface area contributed by atoms with Crippen molar-refractivity contribution in [1.29, 1.82) is 0 Å². The van der Waals surface area contributed by atoms with E-state index in [1.165, 1.54) is 44.5 Å². The number of fused-ring (bicyclic) bond motifs is 11. The van der Waals surface area contributed by atoms with E-state index in [9.17, 15) is 0 Å². The summed E-state index contributed by atoms with van der Waals surface area (Å²) in [5.74, 6) is 1.77. The van der Waals surface area contributed by atoms with Gasteiger partial charge in [0.05, 0.1) is 5.41 Å². The summed E-state index contributed by atoms with van der Waals surface area (Å²) in [7, 11) is 0. The van der Waals surface area contributed by atoms with E-state index in [4.69, 9.17) is 9.15 Å². The van der Waals surface area contributed by atoms with Gasteiger partial charge in [0.2, 0.25) is 0 Å². The Bertz CT molecular complexity index is 3170. The molecule has 0 bridgehead atoms. The Kier molecular flexibility index (Phi) is 7.51.